The molecule has 0 heterocycles. The van der Waals surface area contributed by atoms with Crippen molar-refractivity contribution in [3.8, 4) is 0 Å². The topological polar surface area (TPSA) is 29.5 Å². The standard InChI is InChI=1S/C43H75NO2/c1-5-7-9-11-13-15-17-19-21-23-25-27-29-31-33-35-38-42(46-43(45)40-37-41-44(3)4)39-36-34-32-30-28-26-24-22-20-18-16-14-12-10-8-6-2/h7-10,13-16,19-22,42H,5-6,11-12,17-18,23-41H2,1-4H3/b9-7+,10-8+,15-13-,16-14-,21-19-,22-20-. The SMILES string of the molecule is CC/C=C/C/C=C\C/C=C\CCCCCCCCC(CCCCCCCC/C=C\C/C=C\C/C=C/CC)OC(=O)CCCN(C)C. The van der Waals surface area contributed by atoms with Gasteiger partial charge in [-0.15, -0.1) is 0 Å². The van der Waals surface area contributed by atoms with Crippen molar-refractivity contribution >= 4 is 5.97 Å². The van der Waals surface area contributed by atoms with Gasteiger partial charge in [-0.25, -0.2) is 0 Å². The number of carbonyl (C=O) groups excluding carboxylic acids is 1. The summed E-state index contributed by atoms with van der Waals surface area (Å²) in [6.45, 7) is 5.29. The van der Waals surface area contributed by atoms with E-state index in [0.29, 0.717) is 6.42 Å². The Kier molecular flexibility index (Phi) is 35.6. The van der Waals surface area contributed by atoms with E-state index in [-0.39, 0.29) is 12.1 Å². The second kappa shape index (κ2) is 37.3. The zero-order chi connectivity index (χ0) is 33.6. The lowest BCUT2D eigenvalue weighted by atomic mass is 10.0. The van der Waals surface area contributed by atoms with E-state index in [1.54, 1.807) is 0 Å². The van der Waals surface area contributed by atoms with Gasteiger partial charge in [0.05, 0.1) is 0 Å². The van der Waals surface area contributed by atoms with E-state index in [9.17, 15) is 4.79 Å². The van der Waals surface area contributed by atoms with Gasteiger partial charge >= 0.3 is 5.97 Å². The number of esters is 1. The maximum absolute atomic E-state index is 12.5. The fourth-order valence-electron chi connectivity index (χ4n) is 5.38. The van der Waals surface area contributed by atoms with Crippen LogP contribution in [0.15, 0.2) is 72.9 Å². The number of unbranched alkanes of at least 4 members (excludes halogenated alkanes) is 12. The van der Waals surface area contributed by atoms with Crippen LogP contribution in [0.1, 0.15) is 168 Å². The van der Waals surface area contributed by atoms with Gasteiger partial charge in [0, 0.05) is 6.42 Å². The number of allylic oxidation sites excluding steroid dienone is 12. The molecule has 0 bridgehead atoms. The Labute approximate surface area is 287 Å². The van der Waals surface area contributed by atoms with E-state index in [0.717, 1.165) is 64.3 Å². The number of ether oxygens (including phenoxy) is 1. The van der Waals surface area contributed by atoms with Crippen molar-refractivity contribution < 1.29 is 9.53 Å². The smallest absolute Gasteiger partial charge is 0.306 e. The minimum atomic E-state index is 0.000557. The Morgan fingerprint density at radius 1 is 0.500 bits per heavy atom. The summed E-state index contributed by atoms with van der Waals surface area (Å²) in [5.74, 6) is 0.000557. The predicted octanol–water partition coefficient (Wildman–Crippen LogP) is 13.2. The molecule has 0 aromatic rings. The van der Waals surface area contributed by atoms with Gasteiger partial charge < -0.3 is 9.64 Å². The molecule has 0 aliphatic heterocycles. The lowest BCUT2D eigenvalue weighted by Gasteiger charge is -2.18. The molecular formula is C43H75NO2. The molecule has 46 heavy (non-hydrogen) atoms. The summed E-state index contributed by atoms with van der Waals surface area (Å²) in [6, 6.07) is 0. The van der Waals surface area contributed by atoms with Crippen molar-refractivity contribution in [2.45, 2.75) is 174 Å². The minimum Gasteiger partial charge on any atom is -0.462 e. The van der Waals surface area contributed by atoms with Crippen LogP contribution in [0.4, 0.5) is 0 Å². The van der Waals surface area contributed by atoms with Crippen LogP contribution >= 0.6 is 0 Å². The van der Waals surface area contributed by atoms with Gasteiger partial charge in [-0.1, -0.05) is 138 Å². The maximum Gasteiger partial charge on any atom is 0.306 e. The second-order valence-electron chi connectivity index (χ2n) is 13.0. The lowest BCUT2D eigenvalue weighted by Crippen LogP contribution is -2.20. The molecule has 0 aromatic carbocycles. The summed E-state index contributed by atoms with van der Waals surface area (Å²) >= 11 is 0. The Bertz CT molecular complexity index is 763. The van der Waals surface area contributed by atoms with Gasteiger partial charge in [0.1, 0.15) is 6.10 Å². The summed E-state index contributed by atoms with van der Waals surface area (Å²) in [5.41, 5.74) is 0. The molecule has 0 aliphatic carbocycles. The van der Waals surface area contributed by atoms with Gasteiger partial charge in [0.15, 0.2) is 0 Å². The van der Waals surface area contributed by atoms with E-state index in [4.69, 9.17) is 4.74 Å². The predicted molar refractivity (Wildman–Crippen MR) is 205 cm³/mol. The third-order valence-electron chi connectivity index (χ3n) is 8.14. The van der Waals surface area contributed by atoms with E-state index in [1.807, 2.05) is 0 Å². The van der Waals surface area contributed by atoms with Gasteiger partial charge in [-0.3, -0.25) is 4.79 Å². The summed E-state index contributed by atoms with van der Waals surface area (Å²) in [7, 11) is 4.11. The van der Waals surface area contributed by atoms with Crippen molar-refractivity contribution in [2.75, 3.05) is 20.6 Å². The third kappa shape index (κ3) is 36.3. The van der Waals surface area contributed by atoms with Crippen LogP contribution in [0.5, 0.6) is 0 Å². The zero-order valence-electron chi connectivity index (χ0n) is 30.9. The normalized spacial score (nSPS) is 12.7. The van der Waals surface area contributed by atoms with Crippen LogP contribution in [-0.4, -0.2) is 37.6 Å². The molecule has 0 rings (SSSR count). The van der Waals surface area contributed by atoms with Crippen molar-refractivity contribution in [3.05, 3.63) is 72.9 Å². The van der Waals surface area contributed by atoms with Gasteiger partial charge in [0.2, 0.25) is 0 Å². The van der Waals surface area contributed by atoms with Crippen LogP contribution in [0.3, 0.4) is 0 Å². The van der Waals surface area contributed by atoms with Crippen molar-refractivity contribution in [3.63, 3.8) is 0 Å². The molecule has 264 valence electrons. The molecule has 0 radical (unpaired) electrons. The monoisotopic (exact) mass is 638 g/mol. The van der Waals surface area contributed by atoms with Crippen LogP contribution in [0.25, 0.3) is 0 Å². The van der Waals surface area contributed by atoms with Crippen molar-refractivity contribution in [1.82, 2.24) is 4.90 Å². The highest BCUT2D eigenvalue weighted by Crippen LogP contribution is 2.18. The Balaban J connectivity index is 4.05. The largest absolute Gasteiger partial charge is 0.462 e. The highest BCUT2D eigenvalue weighted by molar-refractivity contribution is 5.69. The number of hydrogen-bond acceptors (Lipinski definition) is 3. The Morgan fingerprint density at radius 3 is 1.28 bits per heavy atom. The molecule has 0 atom stereocenters. The molecule has 0 saturated carbocycles. The first kappa shape index (κ1) is 43.9. The number of nitrogens with zero attached hydrogens (tertiary/aromatic N) is 1. The first-order valence-corrected chi connectivity index (χ1v) is 19.3. The highest BCUT2D eigenvalue weighted by Gasteiger charge is 2.14. The van der Waals surface area contributed by atoms with Crippen LogP contribution in [0.2, 0.25) is 0 Å². The highest BCUT2D eigenvalue weighted by atomic mass is 16.5. The summed E-state index contributed by atoms with van der Waals surface area (Å²) in [4.78, 5) is 14.6. The van der Waals surface area contributed by atoms with Crippen LogP contribution in [0, 0.1) is 0 Å². The molecule has 0 fully saturated rings. The second-order valence-corrected chi connectivity index (χ2v) is 13.0. The van der Waals surface area contributed by atoms with Crippen LogP contribution < -0.4 is 0 Å². The minimum absolute atomic E-state index is 0.000557. The molecular weight excluding hydrogens is 562 g/mol. The van der Waals surface area contributed by atoms with E-state index >= 15 is 0 Å². The van der Waals surface area contributed by atoms with E-state index in [1.165, 1.54) is 89.9 Å². The molecule has 0 aromatic heterocycles. The maximum atomic E-state index is 12.5. The zero-order valence-corrected chi connectivity index (χ0v) is 30.9. The first-order chi connectivity index (χ1) is 22.6. The number of carbonyl (C=O) groups is 1. The van der Waals surface area contributed by atoms with Gasteiger partial charge in [-0.2, -0.15) is 0 Å². The molecule has 0 N–H and O–H groups in total. The van der Waals surface area contributed by atoms with Crippen LogP contribution in [-0.2, 0) is 9.53 Å². The summed E-state index contributed by atoms with van der Waals surface area (Å²) < 4.78 is 5.99. The average Bonchev–Trinajstić information content (AvgIpc) is 3.04. The number of rotatable bonds is 33. The fraction of sp³-hybridized carbons (Fsp3) is 0.698. The van der Waals surface area contributed by atoms with Crippen molar-refractivity contribution in [2.24, 2.45) is 0 Å². The molecule has 0 spiro atoms. The quantitative estimate of drug-likeness (QED) is 0.0407. The summed E-state index contributed by atoms with van der Waals surface area (Å²) in [5, 5.41) is 0. The Hall–Kier alpha value is -2.13. The third-order valence-corrected chi connectivity index (χ3v) is 8.14. The molecule has 3 heteroatoms. The number of hydrogen-bond donors (Lipinski definition) is 0. The lowest BCUT2D eigenvalue weighted by molar-refractivity contribution is -0.150. The Morgan fingerprint density at radius 2 is 0.870 bits per heavy atom. The first-order valence-electron chi connectivity index (χ1n) is 19.3. The molecule has 3 nitrogen and oxygen atoms in total. The van der Waals surface area contributed by atoms with Gasteiger partial charge in [0.25, 0.3) is 0 Å². The fourth-order valence-corrected chi connectivity index (χ4v) is 5.38. The molecule has 0 aliphatic rings. The van der Waals surface area contributed by atoms with E-state index < -0.39 is 0 Å². The average molecular weight is 638 g/mol. The molecule has 0 unspecified atom stereocenters. The van der Waals surface area contributed by atoms with Crippen molar-refractivity contribution in [1.29, 1.82) is 0 Å². The molecule has 0 saturated heterocycles. The molecule has 0 amide bonds. The van der Waals surface area contributed by atoms with Gasteiger partial charge in [-0.05, 0) is 117 Å². The summed E-state index contributed by atoms with van der Waals surface area (Å²) in [6.07, 6.45) is 55.0. The van der Waals surface area contributed by atoms with E-state index in [2.05, 4.69) is 106 Å².